The predicted octanol–water partition coefficient (Wildman–Crippen LogP) is 3.26. The van der Waals surface area contributed by atoms with Crippen molar-refractivity contribution in [3.63, 3.8) is 0 Å². The molecule has 1 aromatic carbocycles. The van der Waals surface area contributed by atoms with Crippen molar-refractivity contribution in [3.8, 4) is 11.4 Å². The average Bonchev–Trinajstić information content (AvgIpc) is 3.28. The summed E-state index contributed by atoms with van der Waals surface area (Å²) in [6.07, 6.45) is 3.76. The van der Waals surface area contributed by atoms with E-state index in [-0.39, 0.29) is 17.7 Å². The predicted molar refractivity (Wildman–Crippen MR) is 112 cm³/mol. The first-order valence-corrected chi connectivity index (χ1v) is 10.1. The van der Waals surface area contributed by atoms with Gasteiger partial charge in [0.25, 0.3) is 5.56 Å². The van der Waals surface area contributed by atoms with Crippen LogP contribution in [0.25, 0.3) is 22.4 Å². The number of hydrogen-bond donors (Lipinski definition) is 0. The van der Waals surface area contributed by atoms with Crippen LogP contribution in [0.15, 0.2) is 41.3 Å². The molecule has 0 spiro atoms. The minimum Gasteiger partial charge on any atom is -0.462 e. The van der Waals surface area contributed by atoms with E-state index in [1.165, 1.54) is 4.57 Å². The zero-order valence-electron chi connectivity index (χ0n) is 16.7. The molecule has 1 saturated heterocycles. The maximum absolute atomic E-state index is 13.3. The number of pyridine rings is 1. The van der Waals surface area contributed by atoms with Crippen molar-refractivity contribution in [2.24, 2.45) is 0 Å². The van der Waals surface area contributed by atoms with Gasteiger partial charge in [0.05, 0.1) is 17.7 Å². The van der Waals surface area contributed by atoms with Gasteiger partial charge in [-0.25, -0.2) is 14.8 Å². The molecule has 0 amide bonds. The van der Waals surface area contributed by atoms with E-state index in [1.54, 1.807) is 13.1 Å². The van der Waals surface area contributed by atoms with Crippen LogP contribution in [-0.4, -0.2) is 40.2 Å². The Labute approximate surface area is 169 Å². The lowest BCUT2D eigenvalue weighted by atomic mass is 10.1. The van der Waals surface area contributed by atoms with Gasteiger partial charge < -0.3 is 9.64 Å². The summed E-state index contributed by atoms with van der Waals surface area (Å²) in [7, 11) is 0. The van der Waals surface area contributed by atoms with Crippen LogP contribution >= 0.6 is 0 Å². The lowest BCUT2D eigenvalue weighted by Crippen LogP contribution is -2.33. The SMILES string of the molecule is CCOC(=O)c1c(N2CCCC2)c2cnc(-c3ccccc3)nc2n(CC)c1=O. The Bertz CT molecular complexity index is 1100. The van der Waals surface area contributed by atoms with Crippen molar-refractivity contribution < 1.29 is 9.53 Å². The van der Waals surface area contributed by atoms with E-state index in [2.05, 4.69) is 9.88 Å². The summed E-state index contributed by atoms with van der Waals surface area (Å²) in [4.78, 5) is 37.4. The zero-order valence-corrected chi connectivity index (χ0v) is 16.7. The fourth-order valence-corrected chi connectivity index (χ4v) is 3.89. The van der Waals surface area contributed by atoms with Gasteiger partial charge in [-0.05, 0) is 26.7 Å². The maximum Gasteiger partial charge on any atom is 0.345 e. The Morgan fingerprint density at radius 3 is 2.52 bits per heavy atom. The van der Waals surface area contributed by atoms with Crippen LogP contribution in [0.4, 0.5) is 5.69 Å². The number of esters is 1. The molecule has 1 aliphatic heterocycles. The molecule has 3 heterocycles. The van der Waals surface area contributed by atoms with Gasteiger partial charge in [-0.3, -0.25) is 9.36 Å². The van der Waals surface area contributed by atoms with Gasteiger partial charge in [-0.1, -0.05) is 30.3 Å². The molecule has 0 radical (unpaired) electrons. The van der Waals surface area contributed by atoms with Gasteiger partial charge in [0.2, 0.25) is 0 Å². The van der Waals surface area contributed by atoms with E-state index in [4.69, 9.17) is 9.72 Å². The summed E-state index contributed by atoms with van der Waals surface area (Å²) < 4.78 is 6.77. The second kappa shape index (κ2) is 8.03. The fraction of sp³-hybridized carbons (Fsp3) is 0.364. The first-order chi connectivity index (χ1) is 14.2. The Balaban J connectivity index is 2.03. The molecule has 0 aliphatic carbocycles. The topological polar surface area (TPSA) is 77.3 Å². The van der Waals surface area contributed by atoms with E-state index in [1.807, 2.05) is 37.3 Å². The summed E-state index contributed by atoms with van der Waals surface area (Å²) in [5.74, 6) is -0.0356. The number of fused-ring (bicyclic) bond motifs is 1. The van der Waals surface area contributed by atoms with Crippen LogP contribution in [0, 0.1) is 0 Å². The third kappa shape index (κ3) is 3.37. The number of benzene rings is 1. The second-order valence-electron chi connectivity index (χ2n) is 6.98. The van der Waals surface area contributed by atoms with E-state index in [0.29, 0.717) is 29.1 Å². The highest BCUT2D eigenvalue weighted by molar-refractivity contribution is 6.04. The van der Waals surface area contributed by atoms with Crippen LogP contribution in [-0.2, 0) is 11.3 Å². The summed E-state index contributed by atoms with van der Waals surface area (Å²) in [5, 5.41) is 0.705. The third-order valence-corrected chi connectivity index (χ3v) is 5.23. The quantitative estimate of drug-likeness (QED) is 0.620. The normalized spacial score (nSPS) is 13.8. The Morgan fingerprint density at radius 2 is 1.86 bits per heavy atom. The first-order valence-electron chi connectivity index (χ1n) is 10.1. The van der Waals surface area contributed by atoms with Crippen molar-refractivity contribution in [1.82, 2.24) is 14.5 Å². The molecule has 4 rings (SSSR count). The lowest BCUT2D eigenvalue weighted by molar-refractivity contribution is 0.0524. The third-order valence-electron chi connectivity index (χ3n) is 5.23. The molecule has 1 aliphatic rings. The molecular formula is C22H24N4O3. The van der Waals surface area contributed by atoms with Crippen LogP contribution < -0.4 is 10.5 Å². The van der Waals surface area contributed by atoms with E-state index in [9.17, 15) is 9.59 Å². The molecule has 7 nitrogen and oxygen atoms in total. The number of nitrogens with zero attached hydrogens (tertiary/aromatic N) is 4. The highest BCUT2D eigenvalue weighted by Gasteiger charge is 2.29. The zero-order chi connectivity index (χ0) is 20.4. The molecular weight excluding hydrogens is 368 g/mol. The summed E-state index contributed by atoms with van der Waals surface area (Å²) >= 11 is 0. The first kappa shape index (κ1) is 19.1. The standard InChI is InChI=1S/C22H24N4O3/c1-3-26-20-16(14-23-19(24-20)15-10-6-5-7-11-15)18(25-12-8-9-13-25)17(21(26)27)22(28)29-4-2/h5-7,10-11,14H,3-4,8-9,12-13H2,1-2H3. The number of aromatic nitrogens is 3. The minimum absolute atomic E-state index is 0.0826. The number of anilines is 1. The number of carbonyl (C=O) groups excluding carboxylic acids is 1. The smallest absolute Gasteiger partial charge is 0.345 e. The van der Waals surface area contributed by atoms with E-state index < -0.39 is 5.97 Å². The Hall–Kier alpha value is -3.22. The van der Waals surface area contributed by atoms with Crippen LogP contribution in [0.1, 0.15) is 37.0 Å². The van der Waals surface area contributed by atoms with Gasteiger partial charge in [-0.2, -0.15) is 0 Å². The minimum atomic E-state index is -0.587. The highest BCUT2D eigenvalue weighted by Crippen LogP contribution is 2.32. The van der Waals surface area contributed by atoms with Gasteiger partial charge in [0.1, 0.15) is 11.2 Å². The van der Waals surface area contributed by atoms with Gasteiger partial charge in [0, 0.05) is 31.4 Å². The van der Waals surface area contributed by atoms with Crippen molar-refractivity contribution in [3.05, 3.63) is 52.4 Å². The molecule has 29 heavy (non-hydrogen) atoms. The number of ether oxygens (including phenoxy) is 1. The Kier molecular flexibility index (Phi) is 5.29. The molecule has 7 heteroatoms. The van der Waals surface area contributed by atoms with Crippen LogP contribution in [0.2, 0.25) is 0 Å². The highest BCUT2D eigenvalue weighted by atomic mass is 16.5. The molecule has 150 valence electrons. The van der Waals surface area contributed by atoms with Crippen LogP contribution in [0.5, 0.6) is 0 Å². The molecule has 3 aromatic rings. The fourth-order valence-electron chi connectivity index (χ4n) is 3.89. The maximum atomic E-state index is 13.3. The van der Waals surface area contributed by atoms with Gasteiger partial charge >= 0.3 is 5.97 Å². The molecule has 1 fully saturated rings. The van der Waals surface area contributed by atoms with Crippen molar-refractivity contribution in [1.29, 1.82) is 0 Å². The molecule has 0 unspecified atom stereocenters. The average molecular weight is 392 g/mol. The Morgan fingerprint density at radius 1 is 1.14 bits per heavy atom. The monoisotopic (exact) mass is 392 g/mol. The summed E-state index contributed by atoms with van der Waals surface area (Å²) in [6.45, 7) is 5.80. The number of aryl methyl sites for hydroxylation is 1. The molecule has 2 aromatic heterocycles. The summed E-state index contributed by atoms with van der Waals surface area (Å²) in [5.41, 5.74) is 1.74. The second-order valence-corrected chi connectivity index (χ2v) is 6.98. The van der Waals surface area contributed by atoms with Crippen LogP contribution in [0.3, 0.4) is 0 Å². The number of hydrogen-bond acceptors (Lipinski definition) is 6. The van der Waals surface area contributed by atoms with E-state index >= 15 is 0 Å². The molecule has 0 atom stereocenters. The number of rotatable bonds is 5. The lowest BCUT2D eigenvalue weighted by Gasteiger charge is -2.23. The molecule has 0 N–H and O–H groups in total. The largest absolute Gasteiger partial charge is 0.462 e. The molecule has 0 bridgehead atoms. The summed E-state index contributed by atoms with van der Waals surface area (Å²) in [6, 6.07) is 9.65. The van der Waals surface area contributed by atoms with Crippen molar-refractivity contribution >= 4 is 22.7 Å². The number of carbonyl (C=O) groups is 1. The van der Waals surface area contributed by atoms with Crippen molar-refractivity contribution in [2.45, 2.75) is 33.2 Å². The molecule has 0 saturated carbocycles. The van der Waals surface area contributed by atoms with Gasteiger partial charge in [-0.15, -0.1) is 0 Å². The van der Waals surface area contributed by atoms with Gasteiger partial charge in [0.15, 0.2) is 5.82 Å². The van der Waals surface area contributed by atoms with E-state index in [0.717, 1.165) is 31.5 Å². The van der Waals surface area contributed by atoms with Crippen molar-refractivity contribution in [2.75, 3.05) is 24.6 Å².